The molecule has 2 fully saturated rings. The Balaban J connectivity index is 1.78. The number of fused-ring (bicyclic) bond motifs is 1. The lowest BCUT2D eigenvalue weighted by atomic mass is 10.1. The van der Waals surface area contributed by atoms with Gasteiger partial charge in [-0.05, 0) is 25.8 Å². The average Bonchev–Trinajstić information content (AvgIpc) is 2.89. The van der Waals surface area contributed by atoms with Gasteiger partial charge in [0, 0.05) is 38.3 Å². The third-order valence-corrected chi connectivity index (χ3v) is 4.43. The zero-order valence-electron chi connectivity index (χ0n) is 13.1. The Bertz CT molecular complexity index is 322. The summed E-state index contributed by atoms with van der Waals surface area (Å²) in [6, 6.07) is 0.866. The topological polar surface area (TPSA) is 44.8 Å². The first kappa shape index (κ1) is 15.7. The van der Waals surface area contributed by atoms with Crippen LogP contribution in [0.25, 0.3) is 0 Å². The highest BCUT2D eigenvalue weighted by Crippen LogP contribution is 2.21. The molecule has 0 aromatic carbocycles. The SMILES string of the molecule is COC(=O)C(CCN1CCN2CCCC2C1)NC(C)C. The van der Waals surface area contributed by atoms with Crippen molar-refractivity contribution in [2.45, 2.75) is 51.2 Å². The minimum absolute atomic E-state index is 0.141. The van der Waals surface area contributed by atoms with Crippen molar-refractivity contribution in [2.75, 3.05) is 39.8 Å². The van der Waals surface area contributed by atoms with Crippen molar-refractivity contribution in [3.8, 4) is 0 Å². The third kappa shape index (κ3) is 4.17. The molecule has 0 spiro atoms. The fourth-order valence-electron chi connectivity index (χ4n) is 3.38. The number of methoxy groups -OCH3 is 1. The van der Waals surface area contributed by atoms with Gasteiger partial charge in [0.15, 0.2) is 0 Å². The van der Waals surface area contributed by atoms with Gasteiger partial charge in [0.1, 0.15) is 6.04 Å². The van der Waals surface area contributed by atoms with Crippen molar-refractivity contribution in [2.24, 2.45) is 0 Å². The molecule has 0 aromatic rings. The number of carbonyl (C=O) groups excluding carboxylic acids is 1. The van der Waals surface area contributed by atoms with Crippen LogP contribution in [0.4, 0.5) is 0 Å². The number of hydrogen-bond donors (Lipinski definition) is 1. The fraction of sp³-hybridized carbons (Fsp3) is 0.933. The van der Waals surface area contributed by atoms with Gasteiger partial charge in [0.2, 0.25) is 0 Å². The molecule has 0 bridgehead atoms. The van der Waals surface area contributed by atoms with Gasteiger partial charge in [-0.25, -0.2) is 0 Å². The molecule has 0 saturated carbocycles. The summed E-state index contributed by atoms with van der Waals surface area (Å²) in [5.74, 6) is -0.141. The van der Waals surface area contributed by atoms with Gasteiger partial charge in [0.05, 0.1) is 7.11 Å². The Morgan fingerprint density at radius 1 is 1.35 bits per heavy atom. The van der Waals surface area contributed by atoms with Crippen LogP contribution in [0.15, 0.2) is 0 Å². The molecule has 0 aromatic heterocycles. The van der Waals surface area contributed by atoms with E-state index in [-0.39, 0.29) is 12.0 Å². The van der Waals surface area contributed by atoms with Crippen molar-refractivity contribution in [1.82, 2.24) is 15.1 Å². The highest BCUT2D eigenvalue weighted by Gasteiger charge is 2.31. The van der Waals surface area contributed by atoms with Crippen LogP contribution in [0.2, 0.25) is 0 Å². The lowest BCUT2D eigenvalue weighted by Gasteiger charge is -2.38. The quantitative estimate of drug-likeness (QED) is 0.727. The maximum Gasteiger partial charge on any atom is 0.322 e. The molecule has 2 unspecified atom stereocenters. The normalized spacial score (nSPS) is 25.7. The van der Waals surface area contributed by atoms with Crippen LogP contribution in [0.1, 0.15) is 33.1 Å². The van der Waals surface area contributed by atoms with E-state index in [1.807, 2.05) is 0 Å². The minimum atomic E-state index is -0.179. The van der Waals surface area contributed by atoms with Crippen molar-refractivity contribution >= 4 is 5.97 Å². The summed E-state index contributed by atoms with van der Waals surface area (Å²) in [7, 11) is 1.47. The molecule has 116 valence electrons. The van der Waals surface area contributed by atoms with Gasteiger partial charge >= 0.3 is 5.97 Å². The lowest BCUT2D eigenvalue weighted by molar-refractivity contribution is -0.143. The number of piperazine rings is 1. The van der Waals surface area contributed by atoms with Crippen LogP contribution < -0.4 is 5.32 Å². The number of nitrogens with one attached hydrogen (secondary N) is 1. The second kappa shape index (κ2) is 7.38. The molecule has 1 N–H and O–H groups in total. The summed E-state index contributed by atoms with van der Waals surface area (Å²) in [4.78, 5) is 16.9. The molecule has 5 heteroatoms. The zero-order chi connectivity index (χ0) is 14.5. The van der Waals surface area contributed by atoms with Gasteiger partial charge < -0.3 is 15.0 Å². The molecule has 2 aliphatic rings. The van der Waals surface area contributed by atoms with E-state index in [1.54, 1.807) is 0 Å². The van der Waals surface area contributed by atoms with E-state index in [0.717, 1.165) is 32.1 Å². The lowest BCUT2D eigenvalue weighted by Crippen LogP contribution is -2.51. The Hall–Kier alpha value is -0.650. The monoisotopic (exact) mass is 283 g/mol. The Morgan fingerprint density at radius 3 is 2.85 bits per heavy atom. The van der Waals surface area contributed by atoms with Gasteiger partial charge in [0.25, 0.3) is 0 Å². The van der Waals surface area contributed by atoms with E-state index in [9.17, 15) is 4.79 Å². The molecule has 0 amide bonds. The third-order valence-electron chi connectivity index (χ3n) is 4.43. The Kier molecular flexibility index (Phi) is 5.81. The molecule has 5 nitrogen and oxygen atoms in total. The largest absolute Gasteiger partial charge is 0.468 e. The summed E-state index contributed by atoms with van der Waals surface area (Å²) >= 11 is 0. The molecule has 2 saturated heterocycles. The fourth-order valence-corrected chi connectivity index (χ4v) is 3.38. The van der Waals surface area contributed by atoms with E-state index in [0.29, 0.717) is 6.04 Å². The summed E-state index contributed by atoms with van der Waals surface area (Å²) in [6.07, 6.45) is 3.51. The van der Waals surface area contributed by atoms with E-state index >= 15 is 0 Å². The smallest absolute Gasteiger partial charge is 0.322 e. The van der Waals surface area contributed by atoms with Gasteiger partial charge in [-0.3, -0.25) is 9.69 Å². The Labute approximate surface area is 122 Å². The van der Waals surface area contributed by atoms with Gasteiger partial charge in [-0.2, -0.15) is 0 Å². The molecular formula is C15H29N3O2. The number of ether oxygens (including phenoxy) is 1. The van der Waals surface area contributed by atoms with Crippen LogP contribution in [0.3, 0.4) is 0 Å². The van der Waals surface area contributed by atoms with Crippen LogP contribution in [0.5, 0.6) is 0 Å². The first-order chi connectivity index (χ1) is 9.60. The second-order valence-electron chi connectivity index (χ2n) is 6.32. The highest BCUT2D eigenvalue weighted by molar-refractivity contribution is 5.75. The summed E-state index contributed by atoms with van der Waals surface area (Å²) < 4.78 is 4.89. The van der Waals surface area contributed by atoms with Crippen LogP contribution in [0, 0.1) is 0 Å². The van der Waals surface area contributed by atoms with Crippen LogP contribution >= 0.6 is 0 Å². The van der Waals surface area contributed by atoms with E-state index in [1.165, 1.54) is 33.0 Å². The standard InChI is InChI=1S/C15H29N3O2/c1-12(2)16-14(15(19)20-3)6-8-17-9-10-18-7-4-5-13(18)11-17/h12-14,16H,4-11H2,1-3H3. The van der Waals surface area contributed by atoms with Crippen molar-refractivity contribution < 1.29 is 9.53 Å². The van der Waals surface area contributed by atoms with E-state index in [4.69, 9.17) is 4.74 Å². The van der Waals surface area contributed by atoms with Crippen molar-refractivity contribution in [3.63, 3.8) is 0 Å². The maximum absolute atomic E-state index is 11.8. The molecule has 20 heavy (non-hydrogen) atoms. The van der Waals surface area contributed by atoms with Crippen LogP contribution in [-0.2, 0) is 9.53 Å². The molecule has 0 aliphatic carbocycles. The molecule has 2 rings (SSSR count). The number of hydrogen-bond acceptors (Lipinski definition) is 5. The molecule has 2 aliphatic heterocycles. The highest BCUT2D eigenvalue weighted by atomic mass is 16.5. The summed E-state index contributed by atoms with van der Waals surface area (Å²) in [6.45, 7) is 9.86. The number of esters is 1. The number of rotatable bonds is 6. The number of nitrogens with zero attached hydrogens (tertiary/aromatic N) is 2. The summed E-state index contributed by atoms with van der Waals surface area (Å²) in [5.41, 5.74) is 0. The second-order valence-corrected chi connectivity index (χ2v) is 6.32. The molecule has 2 heterocycles. The van der Waals surface area contributed by atoms with Crippen LogP contribution in [-0.4, -0.2) is 73.7 Å². The first-order valence-corrected chi connectivity index (χ1v) is 7.90. The molecular weight excluding hydrogens is 254 g/mol. The Morgan fingerprint density at radius 2 is 2.15 bits per heavy atom. The van der Waals surface area contributed by atoms with E-state index in [2.05, 4.69) is 29.0 Å². The average molecular weight is 283 g/mol. The minimum Gasteiger partial charge on any atom is -0.468 e. The molecule has 2 atom stereocenters. The maximum atomic E-state index is 11.8. The van der Waals surface area contributed by atoms with Crippen molar-refractivity contribution in [3.05, 3.63) is 0 Å². The number of carbonyl (C=O) groups is 1. The van der Waals surface area contributed by atoms with Crippen molar-refractivity contribution in [1.29, 1.82) is 0 Å². The van der Waals surface area contributed by atoms with E-state index < -0.39 is 0 Å². The van der Waals surface area contributed by atoms with Gasteiger partial charge in [-0.15, -0.1) is 0 Å². The predicted octanol–water partition coefficient (Wildman–Crippen LogP) is 0.696. The first-order valence-electron chi connectivity index (χ1n) is 7.90. The van der Waals surface area contributed by atoms with Gasteiger partial charge in [-0.1, -0.05) is 13.8 Å². The zero-order valence-corrected chi connectivity index (χ0v) is 13.1. The molecule has 0 radical (unpaired) electrons. The summed E-state index contributed by atoms with van der Waals surface area (Å²) in [5, 5.41) is 3.30. The predicted molar refractivity (Wildman–Crippen MR) is 79.7 cm³/mol.